The number of ether oxygens (including phenoxy) is 2. The molecule has 0 unspecified atom stereocenters. The van der Waals surface area contributed by atoms with Crippen molar-refractivity contribution in [1.29, 1.82) is 0 Å². The molecule has 4 aromatic carbocycles. The Hall–Kier alpha value is -3.97. The maximum Gasteiger partial charge on any atom is 0.271 e. The zero-order valence-electron chi connectivity index (χ0n) is 25.5. The third-order valence-electron chi connectivity index (χ3n) is 7.40. The molecular weight excluding hydrogens is 623 g/mol. The molecule has 1 aliphatic heterocycles. The van der Waals surface area contributed by atoms with E-state index in [4.69, 9.17) is 37.7 Å². The minimum atomic E-state index is -0.143. The fraction of sp³-hybridized carbons (Fsp3) is 0.189. The van der Waals surface area contributed by atoms with Crippen molar-refractivity contribution in [2.24, 2.45) is 4.99 Å². The predicted molar refractivity (Wildman–Crippen MR) is 189 cm³/mol. The summed E-state index contributed by atoms with van der Waals surface area (Å²) in [6.45, 7) is 8.39. The molecule has 0 saturated carbocycles. The maximum absolute atomic E-state index is 14.0. The van der Waals surface area contributed by atoms with E-state index in [9.17, 15) is 4.79 Å². The van der Waals surface area contributed by atoms with Crippen LogP contribution in [0.15, 0.2) is 101 Å². The lowest BCUT2D eigenvalue weighted by molar-refractivity contribution is -0.113. The largest absolute Gasteiger partial charge is 0.493 e. The summed E-state index contributed by atoms with van der Waals surface area (Å²) in [7, 11) is 1.60. The first-order valence-electron chi connectivity index (χ1n) is 14.7. The number of nitrogens with zero attached hydrogens (tertiary/aromatic N) is 2. The van der Waals surface area contributed by atoms with Crippen molar-refractivity contribution in [2.75, 3.05) is 12.0 Å². The van der Waals surface area contributed by atoms with Crippen LogP contribution in [0.1, 0.15) is 41.7 Å². The first-order chi connectivity index (χ1) is 21.8. The second-order valence-electron chi connectivity index (χ2n) is 10.4. The van der Waals surface area contributed by atoms with Crippen molar-refractivity contribution in [2.45, 2.75) is 39.7 Å². The smallest absolute Gasteiger partial charge is 0.271 e. The minimum Gasteiger partial charge on any atom is -0.493 e. The van der Waals surface area contributed by atoms with Gasteiger partial charge in [-0.25, -0.2) is 4.99 Å². The molecule has 1 aliphatic rings. The number of thioether (sulfide) groups is 1. The molecule has 5 nitrogen and oxygen atoms in total. The number of carbonyl (C=O) groups is 1. The summed E-state index contributed by atoms with van der Waals surface area (Å²) in [4.78, 5) is 21.1. The average Bonchev–Trinajstić information content (AvgIpc) is 3.35. The number of hydrogen-bond acceptors (Lipinski definition) is 5. The Morgan fingerprint density at radius 1 is 0.911 bits per heavy atom. The highest BCUT2D eigenvalue weighted by Gasteiger charge is 2.35. The summed E-state index contributed by atoms with van der Waals surface area (Å²) in [6, 6.07) is 25.3. The molecule has 0 atom stereocenters. The van der Waals surface area contributed by atoms with E-state index >= 15 is 0 Å². The number of halogens is 2. The highest BCUT2D eigenvalue weighted by Crippen LogP contribution is 2.40. The van der Waals surface area contributed by atoms with Crippen LogP contribution in [-0.2, 0) is 30.7 Å². The van der Waals surface area contributed by atoms with Gasteiger partial charge < -0.3 is 9.47 Å². The molecule has 0 aromatic heterocycles. The zero-order chi connectivity index (χ0) is 31.9. The lowest BCUT2D eigenvalue weighted by atomic mass is 10.0. The van der Waals surface area contributed by atoms with Crippen molar-refractivity contribution in [1.82, 2.24) is 0 Å². The first-order valence-corrected chi connectivity index (χ1v) is 16.3. The zero-order valence-corrected chi connectivity index (χ0v) is 27.8. The van der Waals surface area contributed by atoms with Gasteiger partial charge in [-0.3, -0.25) is 9.69 Å². The average molecular weight is 658 g/mol. The number of aryl methyl sites for hydroxylation is 2. The number of carbonyl (C=O) groups excluding carboxylic acids is 1. The molecular formula is C37H34Cl2N2O3S. The first kappa shape index (κ1) is 32.4. The normalized spacial score (nSPS) is 14.8. The van der Waals surface area contributed by atoms with E-state index < -0.39 is 0 Å². The number of anilines is 1. The molecule has 5 rings (SSSR count). The van der Waals surface area contributed by atoms with Gasteiger partial charge in [0.25, 0.3) is 5.91 Å². The number of methoxy groups -OCH3 is 1. The van der Waals surface area contributed by atoms with Crippen molar-refractivity contribution in [3.8, 4) is 11.5 Å². The highest BCUT2D eigenvalue weighted by atomic mass is 35.5. The van der Waals surface area contributed by atoms with E-state index in [0.717, 1.165) is 40.9 Å². The third kappa shape index (κ3) is 7.64. The van der Waals surface area contributed by atoms with Crippen LogP contribution in [0.5, 0.6) is 11.5 Å². The van der Waals surface area contributed by atoms with Gasteiger partial charge in [0, 0.05) is 21.2 Å². The Morgan fingerprint density at radius 3 is 2.22 bits per heavy atom. The van der Waals surface area contributed by atoms with Crippen LogP contribution in [0.2, 0.25) is 10.0 Å². The summed E-state index contributed by atoms with van der Waals surface area (Å²) in [5.41, 5.74) is 6.46. The van der Waals surface area contributed by atoms with Crippen LogP contribution in [0, 0.1) is 0 Å². The molecule has 1 saturated heterocycles. The van der Waals surface area contributed by atoms with E-state index in [0.29, 0.717) is 38.0 Å². The molecule has 230 valence electrons. The molecule has 1 fully saturated rings. The van der Waals surface area contributed by atoms with E-state index in [-0.39, 0.29) is 12.5 Å². The standard InChI is InChI=1S/C37H34Cl2N2O3S/c1-5-8-27-19-26(20-33(43-4)35(27)44-23-28-13-14-29(38)22-32(28)39)21-34-36(42)41(31-17-11-25(7-3)12-18-31)37(45-34)40-30-15-9-24(6-2)10-16-30/h5,9-22H,1,6-8,23H2,2-4H3/b34-21-,40-37?. The Balaban J connectivity index is 1.51. The molecule has 0 N–H and O–H groups in total. The second-order valence-corrected chi connectivity index (χ2v) is 12.3. The van der Waals surface area contributed by atoms with Gasteiger partial charge >= 0.3 is 0 Å². The minimum absolute atomic E-state index is 0.143. The Bertz CT molecular complexity index is 1770. The topological polar surface area (TPSA) is 51.1 Å². The van der Waals surface area contributed by atoms with Crippen molar-refractivity contribution in [3.63, 3.8) is 0 Å². The monoisotopic (exact) mass is 656 g/mol. The summed E-state index contributed by atoms with van der Waals surface area (Å²) in [5.74, 6) is 0.986. The van der Waals surface area contributed by atoms with Gasteiger partial charge in [-0.2, -0.15) is 0 Å². The Morgan fingerprint density at radius 2 is 1.60 bits per heavy atom. The number of amidine groups is 1. The number of allylic oxidation sites excluding steroid dienone is 1. The van der Waals surface area contributed by atoms with Crippen molar-refractivity contribution < 1.29 is 14.3 Å². The van der Waals surface area contributed by atoms with Gasteiger partial charge in [0.15, 0.2) is 16.7 Å². The third-order valence-corrected chi connectivity index (χ3v) is 8.96. The van der Waals surface area contributed by atoms with Crippen LogP contribution in [0.4, 0.5) is 11.4 Å². The molecule has 0 spiro atoms. The van der Waals surface area contributed by atoms with Crippen LogP contribution >= 0.6 is 35.0 Å². The quantitative estimate of drug-likeness (QED) is 0.119. The van der Waals surface area contributed by atoms with E-state index in [1.807, 2.05) is 60.7 Å². The highest BCUT2D eigenvalue weighted by molar-refractivity contribution is 8.19. The predicted octanol–water partition coefficient (Wildman–Crippen LogP) is 10.2. The number of aliphatic imine (C=N–C) groups is 1. The molecule has 1 amide bonds. The molecule has 1 heterocycles. The van der Waals surface area contributed by atoms with Crippen LogP contribution in [0.3, 0.4) is 0 Å². The summed E-state index contributed by atoms with van der Waals surface area (Å²) in [5, 5.41) is 1.68. The molecule has 45 heavy (non-hydrogen) atoms. The summed E-state index contributed by atoms with van der Waals surface area (Å²) < 4.78 is 12.0. The molecule has 0 aliphatic carbocycles. The van der Waals surface area contributed by atoms with Gasteiger partial charge in [0.1, 0.15) is 6.61 Å². The van der Waals surface area contributed by atoms with Gasteiger partial charge in [-0.1, -0.05) is 73.5 Å². The number of rotatable bonds is 11. The van der Waals surface area contributed by atoms with Gasteiger partial charge in [0.2, 0.25) is 0 Å². The van der Waals surface area contributed by atoms with Gasteiger partial charge in [0.05, 0.1) is 23.4 Å². The molecule has 0 bridgehead atoms. The molecule has 0 radical (unpaired) electrons. The van der Waals surface area contributed by atoms with Gasteiger partial charge in [-0.05, 0) is 102 Å². The van der Waals surface area contributed by atoms with Crippen LogP contribution in [0.25, 0.3) is 6.08 Å². The Labute approximate surface area is 279 Å². The van der Waals surface area contributed by atoms with Gasteiger partial charge in [-0.15, -0.1) is 6.58 Å². The van der Waals surface area contributed by atoms with E-state index in [1.165, 1.54) is 22.9 Å². The molecule has 4 aromatic rings. The van der Waals surface area contributed by atoms with Crippen molar-refractivity contribution in [3.05, 3.63) is 134 Å². The lowest BCUT2D eigenvalue weighted by Gasteiger charge is -2.17. The lowest BCUT2D eigenvalue weighted by Crippen LogP contribution is -2.28. The number of benzene rings is 4. The second kappa shape index (κ2) is 14.9. The van der Waals surface area contributed by atoms with E-state index in [2.05, 4.69) is 32.6 Å². The fourth-order valence-electron chi connectivity index (χ4n) is 4.90. The number of amides is 1. The maximum atomic E-state index is 14.0. The fourth-order valence-corrected chi connectivity index (χ4v) is 6.37. The summed E-state index contributed by atoms with van der Waals surface area (Å²) >= 11 is 13.8. The van der Waals surface area contributed by atoms with Crippen molar-refractivity contribution >= 4 is 63.5 Å². The van der Waals surface area contributed by atoms with Crippen LogP contribution in [-0.4, -0.2) is 18.2 Å². The van der Waals surface area contributed by atoms with E-state index in [1.54, 1.807) is 30.2 Å². The Kier molecular flexibility index (Phi) is 10.7. The number of hydrogen-bond donors (Lipinski definition) is 0. The SMILES string of the molecule is C=CCc1cc(/C=C2\SC(=Nc3ccc(CC)cc3)N(c3ccc(CC)cc3)C2=O)cc(OC)c1OCc1ccc(Cl)cc1Cl. The van der Waals surface area contributed by atoms with Crippen LogP contribution < -0.4 is 14.4 Å². The molecule has 8 heteroatoms. The summed E-state index contributed by atoms with van der Waals surface area (Å²) in [6.07, 6.45) is 6.08.